The maximum absolute atomic E-state index is 10.3. The molecule has 0 bridgehead atoms. The van der Waals surface area contributed by atoms with Crippen LogP contribution in [0.15, 0.2) is 42.5 Å². The number of fused-ring (bicyclic) bond motifs is 1. The van der Waals surface area contributed by atoms with Crippen LogP contribution in [-0.4, -0.2) is 24.8 Å². The number of para-hydroxylation sites is 1. The molecule has 2 aromatic carbocycles. The molecule has 1 aliphatic rings. The Bertz CT molecular complexity index is 658. The molecule has 0 fully saturated rings. The summed E-state index contributed by atoms with van der Waals surface area (Å²) in [4.78, 5) is 0. The van der Waals surface area contributed by atoms with Gasteiger partial charge < -0.3 is 20.5 Å². The molecular formula is C19H26N2O2+2. The monoisotopic (exact) mass is 314 g/mol. The number of phenolic OH excluding ortho intramolecular Hbond substituents is 1. The van der Waals surface area contributed by atoms with Gasteiger partial charge in [0.2, 0.25) is 0 Å². The largest absolute Gasteiger partial charge is 0.504 e. The molecular weight excluding hydrogens is 288 g/mol. The number of hydrogen-bond acceptors (Lipinski definition) is 2. The number of rotatable bonds is 6. The highest BCUT2D eigenvalue weighted by atomic mass is 16.5. The van der Waals surface area contributed by atoms with Crippen LogP contribution in [0.25, 0.3) is 0 Å². The van der Waals surface area contributed by atoms with Gasteiger partial charge in [0, 0.05) is 12.0 Å². The fourth-order valence-electron chi connectivity index (χ4n) is 3.34. The van der Waals surface area contributed by atoms with Crippen molar-refractivity contribution in [2.75, 3.05) is 19.7 Å². The summed E-state index contributed by atoms with van der Waals surface area (Å²) in [5, 5.41) is 15.0. The van der Waals surface area contributed by atoms with E-state index in [0.717, 1.165) is 31.6 Å². The Morgan fingerprint density at radius 3 is 2.96 bits per heavy atom. The molecule has 122 valence electrons. The zero-order valence-electron chi connectivity index (χ0n) is 13.7. The van der Waals surface area contributed by atoms with Gasteiger partial charge in [-0.2, -0.15) is 0 Å². The van der Waals surface area contributed by atoms with Gasteiger partial charge in [-0.1, -0.05) is 30.3 Å². The average molecular weight is 314 g/mol. The molecule has 4 nitrogen and oxygen atoms in total. The van der Waals surface area contributed by atoms with Crippen LogP contribution in [0.1, 0.15) is 29.7 Å². The Morgan fingerprint density at radius 1 is 1.22 bits per heavy atom. The van der Waals surface area contributed by atoms with E-state index in [2.05, 4.69) is 34.9 Å². The van der Waals surface area contributed by atoms with Crippen molar-refractivity contribution in [3.05, 3.63) is 59.2 Å². The van der Waals surface area contributed by atoms with Crippen molar-refractivity contribution in [3.63, 3.8) is 0 Å². The number of quaternary nitrogens is 2. The Labute approximate surface area is 137 Å². The molecule has 23 heavy (non-hydrogen) atoms. The summed E-state index contributed by atoms with van der Waals surface area (Å²) in [6, 6.07) is 15.0. The fraction of sp³-hybridized carbons (Fsp3) is 0.368. The first-order valence-electron chi connectivity index (χ1n) is 8.46. The molecule has 1 atom stereocenters. The molecule has 0 spiro atoms. The third-order valence-corrected chi connectivity index (χ3v) is 4.49. The molecule has 0 amide bonds. The van der Waals surface area contributed by atoms with Crippen molar-refractivity contribution in [3.8, 4) is 11.5 Å². The average Bonchev–Trinajstić information content (AvgIpc) is 2.58. The summed E-state index contributed by atoms with van der Waals surface area (Å²) < 4.78 is 5.45. The fourth-order valence-corrected chi connectivity index (χ4v) is 3.34. The van der Waals surface area contributed by atoms with Crippen LogP contribution in [0.2, 0.25) is 0 Å². The standard InChI is InChI=1S/C19H24N2O2/c1-2-23-18-9-5-7-15(19(18)22)12-20-13-17-16-8-4-3-6-14(16)10-11-21-17/h3-9,17,20-22H,2,10-13H2,1H3/p+2/t17-/m1/s1. The van der Waals surface area contributed by atoms with Gasteiger partial charge in [-0.3, -0.25) is 0 Å². The maximum atomic E-state index is 10.3. The highest BCUT2D eigenvalue weighted by Crippen LogP contribution is 2.29. The molecule has 2 aromatic rings. The van der Waals surface area contributed by atoms with Gasteiger partial charge in [-0.05, 0) is 24.6 Å². The number of benzene rings is 2. The molecule has 1 heterocycles. The lowest BCUT2D eigenvalue weighted by Crippen LogP contribution is -2.95. The van der Waals surface area contributed by atoms with E-state index in [0.29, 0.717) is 18.4 Å². The Balaban J connectivity index is 1.61. The molecule has 3 rings (SSSR count). The van der Waals surface area contributed by atoms with E-state index >= 15 is 0 Å². The zero-order valence-corrected chi connectivity index (χ0v) is 13.7. The van der Waals surface area contributed by atoms with Crippen molar-refractivity contribution in [1.82, 2.24) is 0 Å². The van der Waals surface area contributed by atoms with Gasteiger partial charge in [0.1, 0.15) is 13.1 Å². The van der Waals surface area contributed by atoms with Crippen LogP contribution in [0.4, 0.5) is 0 Å². The van der Waals surface area contributed by atoms with Crippen LogP contribution in [-0.2, 0) is 13.0 Å². The lowest BCUT2D eigenvalue weighted by atomic mass is 9.94. The summed E-state index contributed by atoms with van der Waals surface area (Å²) in [7, 11) is 0. The minimum absolute atomic E-state index is 0.277. The SMILES string of the molecule is CCOc1cccc(C[NH2+]C[C@H]2[NH2+]CCc3ccccc32)c1O. The quantitative estimate of drug-likeness (QED) is 0.735. The van der Waals surface area contributed by atoms with Crippen molar-refractivity contribution < 1.29 is 20.5 Å². The van der Waals surface area contributed by atoms with Gasteiger partial charge in [-0.25, -0.2) is 0 Å². The predicted octanol–water partition coefficient (Wildman–Crippen LogP) is 0.715. The van der Waals surface area contributed by atoms with Crippen LogP contribution < -0.4 is 15.4 Å². The normalized spacial score (nSPS) is 16.8. The molecule has 5 N–H and O–H groups in total. The second kappa shape index (κ2) is 7.49. The first kappa shape index (κ1) is 15.8. The van der Waals surface area contributed by atoms with Gasteiger partial charge in [-0.15, -0.1) is 0 Å². The summed E-state index contributed by atoms with van der Waals surface area (Å²) in [6.45, 7) is 5.41. The summed E-state index contributed by atoms with van der Waals surface area (Å²) in [6.07, 6.45) is 1.16. The van der Waals surface area contributed by atoms with Gasteiger partial charge in [0.25, 0.3) is 0 Å². The molecule has 0 radical (unpaired) electrons. The smallest absolute Gasteiger partial charge is 0.166 e. The van der Waals surface area contributed by atoms with Crippen molar-refractivity contribution in [2.24, 2.45) is 0 Å². The third kappa shape index (κ3) is 3.66. The van der Waals surface area contributed by atoms with E-state index in [1.807, 2.05) is 25.1 Å². The van der Waals surface area contributed by atoms with E-state index in [-0.39, 0.29) is 5.75 Å². The zero-order chi connectivity index (χ0) is 16.1. The van der Waals surface area contributed by atoms with E-state index in [1.54, 1.807) is 0 Å². The second-order valence-electron chi connectivity index (χ2n) is 6.01. The number of nitrogens with two attached hydrogens (primary N) is 2. The van der Waals surface area contributed by atoms with E-state index < -0.39 is 0 Å². The van der Waals surface area contributed by atoms with Crippen LogP contribution in [0.3, 0.4) is 0 Å². The Kier molecular flexibility index (Phi) is 5.16. The Hall–Kier alpha value is -2.04. The van der Waals surface area contributed by atoms with Crippen LogP contribution >= 0.6 is 0 Å². The number of phenols is 1. The first-order chi connectivity index (χ1) is 11.3. The summed E-state index contributed by atoms with van der Waals surface area (Å²) in [5.74, 6) is 0.853. The molecule has 0 aromatic heterocycles. The predicted molar refractivity (Wildman–Crippen MR) is 89.5 cm³/mol. The van der Waals surface area contributed by atoms with Crippen molar-refractivity contribution in [1.29, 1.82) is 0 Å². The van der Waals surface area contributed by atoms with E-state index in [1.165, 1.54) is 11.1 Å². The first-order valence-corrected chi connectivity index (χ1v) is 8.46. The van der Waals surface area contributed by atoms with Crippen LogP contribution in [0.5, 0.6) is 11.5 Å². The highest BCUT2D eigenvalue weighted by molar-refractivity contribution is 5.44. The lowest BCUT2D eigenvalue weighted by molar-refractivity contribution is -0.763. The molecule has 0 saturated carbocycles. The molecule has 0 saturated heterocycles. The minimum Gasteiger partial charge on any atom is -0.504 e. The van der Waals surface area contributed by atoms with Crippen molar-refractivity contribution in [2.45, 2.75) is 25.9 Å². The molecule has 0 aliphatic carbocycles. The Morgan fingerprint density at radius 2 is 2.09 bits per heavy atom. The van der Waals surface area contributed by atoms with Gasteiger partial charge in [0.15, 0.2) is 17.5 Å². The number of ether oxygens (including phenoxy) is 1. The molecule has 0 unspecified atom stereocenters. The highest BCUT2D eigenvalue weighted by Gasteiger charge is 2.24. The van der Waals surface area contributed by atoms with Crippen molar-refractivity contribution >= 4 is 0 Å². The topological polar surface area (TPSA) is 62.7 Å². The minimum atomic E-state index is 0.277. The van der Waals surface area contributed by atoms with E-state index in [9.17, 15) is 5.11 Å². The number of aromatic hydroxyl groups is 1. The molecule has 4 heteroatoms. The van der Waals surface area contributed by atoms with Gasteiger partial charge >= 0.3 is 0 Å². The van der Waals surface area contributed by atoms with E-state index in [4.69, 9.17) is 4.74 Å². The summed E-state index contributed by atoms with van der Waals surface area (Å²) in [5.41, 5.74) is 3.87. The lowest BCUT2D eigenvalue weighted by Gasteiger charge is -2.22. The summed E-state index contributed by atoms with van der Waals surface area (Å²) >= 11 is 0. The maximum Gasteiger partial charge on any atom is 0.166 e. The third-order valence-electron chi connectivity index (χ3n) is 4.49. The second-order valence-corrected chi connectivity index (χ2v) is 6.01. The van der Waals surface area contributed by atoms with Crippen LogP contribution in [0, 0.1) is 0 Å². The van der Waals surface area contributed by atoms with Gasteiger partial charge in [0.05, 0.1) is 18.7 Å². The molecule has 1 aliphatic heterocycles. The number of hydrogen-bond donors (Lipinski definition) is 3.